The average Bonchev–Trinajstić information content (AvgIpc) is 2.86. The third-order valence-corrected chi connectivity index (χ3v) is 6.26. The molecule has 0 N–H and O–H groups in total. The average molecular weight is 461 g/mol. The molecule has 3 rings (SSSR count). The van der Waals surface area contributed by atoms with E-state index in [9.17, 15) is 9.18 Å². The molecule has 3 aromatic carbocycles. The number of aryl methyl sites for hydroxylation is 2. The van der Waals surface area contributed by atoms with Gasteiger partial charge in [0, 0.05) is 0 Å². The van der Waals surface area contributed by atoms with E-state index in [-0.39, 0.29) is 5.82 Å². The largest absolute Gasteiger partial charge is 0.423 e. The van der Waals surface area contributed by atoms with Crippen molar-refractivity contribution in [3.05, 3.63) is 89.2 Å². The van der Waals surface area contributed by atoms with Crippen LogP contribution in [0.5, 0.6) is 5.75 Å². The second kappa shape index (κ2) is 13.7. The zero-order valence-corrected chi connectivity index (χ0v) is 20.6. The number of carbonyl (C=O) groups is 1. The van der Waals surface area contributed by atoms with E-state index in [1.165, 1.54) is 44.1 Å². The minimum atomic E-state index is -0.394. The van der Waals surface area contributed by atoms with Crippen molar-refractivity contribution in [1.82, 2.24) is 0 Å². The Hall–Kier alpha value is -2.94. The van der Waals surface area contributed by atoms with E-state index in [1.807, 2.05) is 48.5 Å². The molecule has 0 heterocycles. The summed E-state index contributed by atoms with van der Waals surface area (Å²) in [5.74, 6) is -0.00910. The molecule has 0 radical (unpaired) electrons. The van der Waals surface area contributed by atoms with Gasteiger partial charge in [-0.2, -0.15) is 0 Å². The van der Waals surface area contributed by atoms with Crippen LogP contribution in [0.3, 0.4) is 0 Å². The number of hydrogen-bond acceptors (Lipinski definition) is 2. The topological polar surface area (TPSA) is 26.3 Å². The fourth-order valence-corrected chi connectivity index (χ4v) is 4.12. The summed E-state index contributed by atoms with van der Waals surface area (Å²) in [6.45, 7) is 4.39. The van der Waals surface area contributed by atoms with Gasteiger partial charge in [0.25, 0.3) is 0 Å². The van der Waals surface area contributed by atoms with E-state index in [0.717, 1.165) is 42.4 Å². The van der Waals surface area contributed by atoms with Gasteiger partial charge in [0.1, 0.15) is 11.6 Å². The molecule has 0 spiro atoms. The molecule has 0 aliphatic carbocycles. The first-order chi connectivity index (χ1) is 16.6. The lowest BCUT2D eigenvalue weighted by Gasteiger charge is -2.09. The van der Waals surface area contributed by atoms with Crippen LogP contribution in [0.2, 0.25) is 0 Å². The Morgan fingerprint density at radius 3 is 2.00 bits per heavy atom. The highest BCUT2D eigenvalue weighted by molar-refractivity contribution is 5.91. The van der Waals surface area contributed by atoms with Crippen LogP contribution < -0.4 is 4.74 Å². The number of benzene rings is 3. The number of halogens is 1. The minimum absolute atomic E-state index is 0.158. The van der Waals surface area contributed by atoms with Crippen molar-refractivity contribution in [1.29, 1.82) is 0 Å². The first-order valence-electron chi connectivity index (χ1n) is 12.8. The Morgan fingerprint density at radius 1 is 0.706 bits per heavy atom. The molecule has 0 unspecified atom stereocenters. The van der Waals surface area contributed by atoms with Crippen LogP contribution in [0.15, 0.2) is 66.7 Å². The molecule has 0 aromatic heterocycles. The number of unbranched alkanes of at least 4 members (excludes halogenated alkanes) is 6. The molecule has 0 atom stereocenters. The third kappa shape index (κ3) is 7.83. The van der Waals surface area contributed by atoms with Crippen molar-refractivity contribution >= 4 is 5.97 Å². The molecule has 0 fully saturated rings. The standard InChI is InChI=1S/C31H37FO2/c1-3-5-7-8-10-12-26-17-20-28(23-30(26)32)25-15-18-27(19-16-25)31(33)34-29-21-13-24(14-22-29)11-9-6-4-2/h13-23H,3-12H2,1-2H3. The van der Waals surface area contributed by atoms with Gasteiger partial charge in [0.05, 0.1) is 5.56 Å². The Bertz CT molecular complexity index is 1020. The van der Waals surface area contributed by atoms with Gasteiger partial charge >= 0.3 is 5.97 Å². The molecule has 2 nitrogen and oxygen atoms in total. The Balaban J connectivity index is 1.55. The van der Waals surface area contributed by atoms with Crippen LogP contribution in [-0.2, 0) is 12.8 Å². The number of rotatable bonds is 13. The monoisotopic (exact) mass is 460 g/mol. The van der Waals surface area contributed by atoms with Gasteiger partial charge in [-0.25, -0.2) is 9.18 Å². The first-order valence-corrected chi connectivity index (χ1v) is 12.8. The third-order valence-electron chi connectivity index (χ3n) is 6.26. The van der Waals surface area contributed by atoms with Crippen molar-refractivity contribution in [2.45, 2.75) is 78.1 Å². The van der Waals surface area contributed by atoms with Gasteiger partial charge in [-0.1, -0.05) is 88.8 Å². The maximum Gasteiger partial charge on any atom is 0.343 e. The normalized spacial score (nSPS) is 10.9. The smallest absolute Gasteiger partial charge is 0.343 e. The van der Waals surface area contributed by atoms with Crippen LogP contribution in [0.4, 0.5) is 4.39 Å². The molecule has 0 aliphatic heterocycles. The summed E-state index contributed by atoms with van der Waals surface area (Å²) >= 11 is 0. The molecule has 0 bridgehead atoms. The zero-order chi connectivity index (χ0) is 24.2. The number of esters is 1. The molecule has 34 heavy (non-hydrogen) atoms. The lowest BCUT2D eigenvalue weighted by Crippen LogP contribution is -2.08. The zero-order valence-electron chi connectivity index (χ0n) is 20.6. The second-order valence-corrected chi connectivity index (χ2v) is 9.04. The molecule has 3 heteroatoms. The van der Waals surface area contributed by atoms with Crippen LogP contribution in [0, 0.1) is 5.82 Å². The highest BCUT2D eigenvalue weighted by Crippen LogP contribution is 2.24. The van der Waals surface area contributed by atoms with Gasteiger partial charge in [-0.3, -0.25) is 0 Å². The summed E-state index contributed by atoms with van der Waals surface area (Å²) in [5, 5.41) is 0. The first kappa shape index (κ1) is 25.7. The Morgan fingerprint density at radius 2 is 1.32 bits per heavy atom. The van der Waals surface area contributed by atoms with Crippen LogP contribution in [0.25, 0.3) is 11.1 Å². The van der Waals surface area contributed by atoms with E-state index < -0.39 is 5.97 Å². The van der Waals surface area contributed by atoms with Crippen LogP contribution in [-0.4, -0.2) is 5.97 Å². The quantitative estimate of drug-likeness (QED) is 0.144. The summed E-state index contributed by atoms with van der Waals surface area (Å²) < 4.78 is 20.1. The van der Waals surface area contributed by atoms with Crippen molar-refractivity contribution < 1.29 is 13.9 Å². The summed E-state index contributed by atoms with van der Waals surface area (Å²) in [6.07, 6.45) is 11.3. The predicted octanol–water partition coefficient (Wildman–Crippen LogP) is 8.96. The van der Waals surface area contributed by atoms with E-state index >= 15 is 0 Å². The maximum absolute atomic E-state index is 14.6. The maximum atomic E-state index is 14.6. The van der Waals surface area contributed by atoms with Gasteiger partial charge in [0.15, 0.2) is 0 Å². The molecule has 3 aromatic rings. The Labute approximate surface area is 204 Å². The predicted molar refractivity (Wildman–Crippen MR) is 139 cm³/mol. The fraction of sp³-hybridized carbons (Fsp3) is 0.387. The highest BCUT2D eigenvalue weighted by atomic mass is 19.1. The molecule has 0 saturated heterocycles. The SMILES string of the molecule is CCCCCCCc1ccc(-c2ccc(C(=O)Oc3ccc(CCCCC)cc3)cc2)cc1F. The molecular formula is C31H37FO2. The molecule has 0 amide bonds. The van der Waals surface area contributed by atoms with E-state index in [2.05, 4.69) is 13.8 Å². The van der Waals surface area contributed by atoms with Crippen LogP contribution in [0.1, 0.15) is 86.7 Å². The van der Waals surface area contributed by atoms with Crippen molar-refractivity contribution in [3.63, 3.8) is 0 Å². The fourth-order valence-electron chi connectivity index (χ4n) is 4.12. The van der Waals surface area contributed by atoms with Crippen molar-refractivity contribution in [2.24, 2.45) is 0 Å². The van der Waals surface area contributed by atoms with Crippen molar-refractivity contribution in [3.8, 4) is 16.9 Å². The van der Waals surface area contributed by atoms with Gasteiger partial charge in [0.2, 0.25) is 0 Å². The number of carbonyl (C=O) groups excluding carboxylic acids is 1. The summed E-state index contributed by atoms with van der Waals surface area (Å²) in [4.78, 5) is 12.5. The van der Waals surface area contributed by atoms with E-state index in [0.29, 0.717) is 11.3 Å². The molecular weight excluding hydrogens is 423 g/mol. The Kier molecular flexibility index (Phi) is 10.3. The second-order valence-electron chi connectivity index (χ2n) is 9.04. The number of ether oxygens (including phenoxy) is 1. The van der Waals surface area contributed by atoms with Gasteiger partial charge < -0.3 is 4.74 Å². The van der Waals surface area contributed by atoms with Crippen molar-refractivity contribution in [2.75, 3.05) is 0 Å². The lowest BCUT2D eigenvalue weighted by molar-refractivity contribution is 0.0734. The van der Waals surface area contributed by atoms with Gasteiger partial charge in [-0.05, 0) is 78.3 Å². The van der Waals surface area contributed by atoms with E-state index in [4.69, 9.17) is 4.74 Å². The van der Waals surface area contributed by atoms with E-state index in [1.54, 1.807) is 18.2 Å². The molecule has 180 valence electrons. The van der Waals surface area contributed by atoms with Crippen LogP contribution >= 0.6 is 0 Å². The summed E-state index contributed by atoms with van der Waals surface area (Å²) in [6, 6.07) is 20.3. The highest BCUT2D eigenvalue weighted by Gasteiger charge is 2.10. The molecule has 0 aliphatic rings. The summed E-state index contributed by atoms with van der Waals surface area (Å²) in [7, 11) is 0. The number of hydrogen-bond donors (Lipinski definition) is 0. The van der Waals surface area contributed by atoms with Gasteiger partial charge in [-0.15, -0.1) is 0 Å². The summed E-state index contributed by atoms with van der Waals surface area (Å²) in [5.41, 5.74) is 4.19. The molecule has 0 saturated carbocycles. The lowest BCUT2D eigenvalue weighted by atomic mass is 9.99. The minimum Gasteiger partial charge on any atom is -0.423 e.